The zero-order chi connectivity index (χ0) is 39.1. The molecule has 7 rings (SSSR count). The van der Waals surface area contributed by atoms with Crippen molar-refractivity contribution in [2.75, 3.05) is 45.2 Å². The van der Waals surface area contributed by atoms with Gasteiger partial charge in [-0.1, -0.05) is 41.9 Å². The summed E-state index contributed by atoms with van der Waals surface area (Å²) < 4.78 is 36.0. The summed E-state index contributed by atoms with van der Waals surface area (Å²) in [5.74, 6) is 0.774. The molecule has 5 aromatic rings. The molecule has 1 aliphatic heterocycles. The number of carbonyl (C=O) groups is 1. The molecule has 1 unspecified atom stereocenters. The van der Waals surface area contributed by atoms with Gasteiger partial charge in [-0.2, -0.15) is 0 Å². The highest BCUT2D eigenvalue weighted by atomic mass is 35.5. The molecule has 2 aromatic carbocycles. The summed E-state index contributed by atoms with van der Waals surface area (Å²) in [7, 11) is 4.37. The van der Waals surface area contributed by atoms with Gasteiger partial charge < -0.3 is 20.1 Å². The normalized spacial score (nSPS) is 16.9. The van der Waals surface area contributed by atoms with Crippen molar-refractivity contribution in [1.29, 1.82) is 0 Å². The number of aromatic nitrogens is 4. The number of aliphatic hydroxyl groups excluding tert-OH is 1. The van der Waals surface area contributed by atoms with Gasteiger partial charge in [-0.15, -0.1) is 0 Å². The van der Waals surface area contributed by atoms with E-state index in [1.807, 2.05) is 31.2 Å². The number of benzene rings is 2. The van der Waals surface area contributed by atoms with Crippen molar-refractivity contribution in [3.8, 4) is 28.3 Å². The number of alkyl halides is 2. The minimum Gasteiger partial charge on any atom is -0.481 e. The van der Waals surface area contributed by atoms with Gasteiger partial charge >= 0.3 is 5.69 Å². The fourth-order valence-corrected chi connectivity index (χ4v) is 8.45. The predicted molar refractivity (Wildman–Crippen MR) is 207 cm³/mol. The van der Waals surface area contributed by atoms with Crippen LogP contribution >= 0.6 is 11.6 Å². The van der Waals surface area contributed by atoms with Crippen molar-refractivity contribution in [1.82, 2.24) is 28.9 Å². The van der Waals surface area contributed by atoms with Gasteiger partial charge in [-0.3, -0.25) is 23.6 Å². The molecule has 3 aromatic heterocycles. The zero-order valence-corrected chi connectivity index (χ0v) is 31.7. The van der Waals surface area contributed by atoms with Gasteiger partial charge in [-0.05, 0) is 73.5 Å². The van der Waals surface area contributed by atoms with Crippen LogP contribution in [0.3, 0.4) is 0 Å². The van der Waals surface area contributed by atoms with E-state index in [1.54, 1.807) is 24.1 Å². The van der Waals surface area contributed by atoms with Crippen molar-refractivity contribution in [3.63, 3.8) is 0 Å². The Hall–Kier alpha value is -5.18. The summed E-state index contributed by atoms with van der Waals surface area (Å²) in [4.78, 5) is 50.6. The van der Waals surface area contributed by atoms with E-state index in [9.17, 15) is 28.3 Å². The van der Waals surface area contributed by atoms with Gasteiger partial charge in [0, 0.05) is 62.1 Å². The molecule has 1 aliphatic carbocycles. The molecule has 2 atom stereocenters. The first kappa shape index (κ1) is 38.1. The quantitative estimate of drug-likeness (QED) is 0.152. The van der Waals surface area contributed by atoms with Crippen LogP contribution in [0.15, 0.2) is 58.1 Å². The Kier molecular flexibility index (Phi) is 10.8. The molecule has 15 heteroatoms. The first-order chi connectivity index (χ1) is 26.4. The number of anilines is 2. The lowest BCUT2D eigenvalue weighted by Crippen LogP contribution is -2.37. The van der Waals surface area contributed by atoms with Crippen molar-refractivity contribution >= 4 is 40.4 Å². The molecule has 1 fully saturated rings. The fraction of sp³-hybridized carbons (Fsp3) is 0.375. The van der Waals surface area contributed by atoms with Crippen LogP contribution in [0, 0.1) is 12.8 Å². The first-order valence-corrected chi connectivity index (χ1v) is 18.5. The second-order valence-corrected chi connectivity index (χ2v) is 14.6. The van der Waals surface area contributed by atoms with E-state index < -0.39 is 23.4 Å². The number of aryl methyl sites for hydroxylation is 2. The largest absolute Gasteiger partial charge is 0.481 e. The third-order valence-electron chi connectivity index (χ3n) is 11.0. The fourth-order valence-electron chi connectivity index (χ4n) is 8.12. The summed E-state index contributed by atoms with van der Waals surface area (Å²) in [5.41, 5.74) is 4.46. The summed E-state index contributed by atoms with van der Waals surface area (Å²) >= 11 is 7.21. The first-order valence-electron chi connectivity index (χ1n) is 18.1. The number of methoxy groups -OCH3 is 1. The number of nitrogens with zero attached hydrogens (tertiary/aromatic N) is 6. The predicted octanol–water partition coefficient (Wildman–Crippen LogP) is 5.77. The Balaban J connectivity index is 1.21. The molecule has 0 spiro atoms. The highest BCUT2D eigenvalue weighted by Crippen LogP contribution is 2.46. The Bertz CT molecular complexity index is 2420. The summed E-state index contributed by atoms with van der Waals surface area (Å²) in [5, 5.41) is 12.9. The SMILES string of the molecule is COc1nc(-c2cccc(-c3cccc(Nc4nc(C(F)F)cc5c4c(=O)n(C)c(=O)n5C)c3C)c2Cl)cc2c1[C@H](N1CCC(CN(C=O)CCO)C1)CC2. The zero-order valence-electron chi connectivity index (χ0n) is 31.0. The van der Waals surface area contributed by atoms with E-state index >= 15 is 0 Å². The monoisotopic (exact) mass is 773 g/mol. The molecule has 1 amide bonds. The molecule has 12 nitrogen and oxygen atoms in total. The van der Waals surface area contributed by atoms with Gasteiger partial charge in [0.1, 0.15) is 16.9 Å². The third-order valence-corrected chi connectivity index (χ3v) is 11.4. The maximum Gasteiger partial charge on any atom is 0.330 e. The second-order valence-electron chi connectivity index (χ2n) is 14.2. The van der Waals surface area contributed by atoms with Crippen molar-refractivity contribution in [2.45, 2.75) is 38.7 Å². The number of nitrogens with one attached hydrogen (secondary N) is 1. The standard InChI is InChI=1S/C40H42ClF2N7O5/c1-22-25(7-6-10-28(22)44-37-34-32(18-30(45-37)36(42)43)47(2)40(54)48(3)39(34)53)26-8-5-9-27(35(26)41)29-17-24-11-12-31(33(24)38(46-29)55-4)50-14-13-23(20-50)19-49(21-52)15-16-51/h5-10,17-18,21,23,31,36,51H,11-16,19-20H2,1-4H3,(H,44,45)/t23?,31-/m1/s1. The molecular weight excluding hydrogens is 732 g/mol. The van der Waals surface area contributed by atoms with Crippen molar-refractivity contribution in [2.24, 2.45) is 20.0 Å². The number of fused-ring (bicyclic) bond motifs is 2. The Morgan fingerprint density at radius 2 is 1.82 bits per heavy atom. The Morgan fingerprint density at radius 1 is 1.07 bits per heavy atom. The molecule has 4 heterocycles. The van der Waals surface area contributed by atoms with E-state index in [-0.39, 0.29) is 29.4 Å². The molecule has 2 N–H and O–H groups in total. The van der Waals surface area contributed by atoms with Crippen LogP contribution in [0.4, 0.5) is 20.3 Å². The van der Waals surface area contributed by atoms with E-state index in [0.717, 1.165) is 76.2 Å². The third kappa shape index (κ3) is 6.98. The average Bonchev–Trinajstić information content (AvgIpc) is 3.83. The van der Waals surface area contributed by atoms with Crippen LogP contribution in [-0.2, 0) is 25.3 Å². The van der Waals surface area contributed by atoms with E-state index in [1.165, 1.54) is 14.1 Å². The minimum atomic E-state index is -2.94. The second kappa shape index (κ2) is 15.5. The Labute approximate surface area is 321 Å². The number of hydrogen-bond acceptors (Lipinski definition) is 9. The van der Waals surface area contributed by atoms with E-state index in [0.29, 0.717) is 52.4 Å². The number of pyridine rings is 2. The maximum absolute atomic E-state index is 14.0. The Morgan fingerprint density at radius 3 is 2.55 bits per heavy atom. The molecule has 55 heavy (non-hydrogen) atoms. The van der Waals surface area contributed by atoms with E-state index in [2.05, 4.69) is 21.3 Å². The number of aliphatic hydroxyl groups is 1. The highest BCUT2D eigenvalue weighted by Gasteiger charge is 2.37. The highest BCUT2D eigenvalue weighted by molar-refractivity contribution is 6.36. The van der Waals surface area contributed by atoms with Crippen LogP contribution < -0.4 is 21.3 Å². The number of amides is 1. The molecule has 0 radical (unpaired) electrons. The molecule has 2 aliphatic rings. The number of rotatable bonds is 12. The average molecular weight is 774 g/mol. The molecule has 0 saturated carbocycles. The number of hydrogen-bond donors (Lipinski definition) is 2. The summed E-state index contributed by atoms with van der Waals surface area (Å²) in [6, 6.07) is 14.4. The molecule has 0 bridgehead atoms. The number of carbonyl (C=O) groups excluding carboxylic acids is 1. The molecule has 1 saturated heterocycles. The number of ether oxygens (including phenoxy) is 1. The lowest BCUT2D eigenvalue weighted by molar-refractivity contribution is -0.119. The summed E-state index contributed by atoms with van der Waals surface area (Å²) in [6.45, 7) is 4.48. The van der Waals surface area contributed by atoms with Gasteiger partial charge in [0.15, 0.2) is 0 Å². The lowest BCUT2D eigenvalue weighted by Gasteiger charge is -2.27. The van der Waals surface area contributed by atoms with Crippen molar-refractivity contribution in [3.05, 3.63) is 96.8 Å². The van der Waals surface area contributed by atoms with Gasteiger partial charge in [0.05, 0.1) is 29.9 Å². The molecule has 288 valence electrons. The molecular formula is C40H42ClF2N7O5. The number of likely N-dealkylation sites (tertiary alicyclic amines) is 1. The van der Waals surface area contributed by atoms with Gasteiger partial charge in [-0.25, -0.2) is 23.5 Å². The van der Waals surface area contributed by atoms with Gasteiger partial charge in [0.25, 0.3) is 12.0 Å². The number of halogens is 3. The van der Waals surface area contributed by atoms with E-state index in [4.69, 9.17) is 21.3 Å². The van der Waals surface area contributed by atoms with Crippen LogP contribution in [0.2, 0.25) is 5.02 Å². The minimum absolute atomic E-state index is 0.00448. The van der Waals surface area contributed by atoms with Crippen LogP contribution in [-0.4, -0.2) is 80.3 Å². The topological polar surface area (TPSA) is 135 Å². The summed E-state index contributed by atoms with van der Waals surface area (Å²) in [6.07, 6.45) is 0.585. The van der Waals surface area contributed by atoms with Gasteiger partial charge in [0.2, 0.25) is 12.3 Å². The lowest BCUT2D eigenvalue weighted by atomic mass is 9.96. The van der Waals surface area contributed by atoms with Crippen LogP contribution in [0.25, 0.3) is 33.3 Å². The maximum atomic E-state index is 14.0. The van der Waals surface area contributed by atoms with Crippen LogP contribution in [0.1, 0.15) is 47.7 Å². The smallest absolute Gasteiger partial charge is 0.330 e. The van der Waals surface area contributed by atoms with Crippen LogP contribution in [0.5, 0.6) is 5.88 Å². The van der Waals surface area contributed by atoms with Crippen molar-refractivity contribution < 1.29 is 23.4 Å².